The highest BCUT2D eigenvalue weighted by Crippen LogP contribution is 2.45. The number of allylic oxidation sites excluding steroid dienone is 2. The number of carbonyl (C=O) groups excluding carboxylic acids is 1. The summed E-state index contributed by atoms with van der Waals surface area (Å²) in [5.41, 5.74) is 3.37. The van der Waals surface area contributed by atoms with E-state index in [9.17, 15) is 9.90 Å². The van der Waals surface area contributed by atoms with Gasteiger partial charge in [0.05, 0.1) is 5.57 Å². The number of carbonyl (C=O) groups is 1. The normalized spacial score (nSPS) is 24.6. The van der Waals surface area contributed by atoms with Crippen LogP contribution in [0, 0.1) is 30.6 Å². The molecule has 20 heavy (non-hydrogen) atoms. The molecule has 3 rings (SSSR count). The minimum Gasteiger partial charge on any atom is -0.511 e. The van der Waals surface area contributed by atoms with Crippen LogP contribution < -0.4 is 0 Å². The van der Waals surface area contributed by atoms with Crippen LogP contribution in [0.15, 0.2) is 24.0 Å². The fraction of sp³-hybridized carbons (Fsp3) is 0.389. The first kappa shape index (κ1) is 13.0. The summed E-state index contributed by atoms with van der Waals surface area (Å²) >= 11 is 0. The third kappa shape index (κ3) is 1.94. The van der Waals surface area contributed by atoms with Crippen molar-refractivity contribution in [2.75, 3.05) is 0 Å². The van der Waals surface area contributed by atoms with Crippen LogP contribution in [0.1, 0.15) is 42.9 Å². The monoisotopic (exact) mass is 266 g/mol. The topological polar surface area (TPSA) is 37.3 Å². The van der Waals surface area contributed by atoms with Crippen molar-refractivity contribution < 1.29 is 9.90 Å². The van der Waals surface area contributed by atoms with E-state index in [0.29, 0.717) is 11.3 Å². The van der Waals surface area contributed by atoms with E-state index >= 15 is 0 Å². The number of Topliss-reactive ketones (excluding diaryl/α,β-unsaturated/α-hetero) is 1. The molecule has 2 bridgehead atoms. The molecule has 0 radical (unpaired) electrons. The largest absolute Gasteiger partial charge is 0.511 e. The molecule has 1 aromatic carbocycles. The van der Waals surface area contributed by atoms with Crippen molar-refractivity contribution in [3.8, 4) is 11.8 Å². The third-order valence-electron chi connectivity index (χ3n) is 4.46. The van der Waals surface area contributed by atoms with Gasteiger partial charge in [0, 0.05) is 17.4 Å². The smallest absolute Gasteiger partial charge is 0.169 e. The number of aliphatic hydroxyl groups is 1. The number of benzene rings is 1. The lowest BCUT2D eigenvalue weighted by Gasteiger charge is -2.22. The lowest BCUT2D eigenvalue weighted by molar-refractivity contribution is -0.117. The van der Waals surface area contributed by atoms with E-state index in [4.69, 9.17) is 0 Å². The van der Waals surface area contributed by atoms with Gasteiger partial charge in [0.1, 0.15) is 5.76 Å². The summed E-state index contributed by atoms with van der Waals surface area (Å²) in [6.45, 7) is 3.78. The van der Waals surface area contributed by atoms with Crippen LogP contribution in [0.4, 0.5) is 0 Å². The number of rotatable bonds is 1. The zero-order valence-corrected chi connectivity index (χ0v) is 11.9. The minimum atomic E-state index is 0.111. The average molecular weight is 266 g/mol. The first-order valence-corrected chi connectivity index (χ1v) is 7.13. The Balaban J connectivity index is 2.10. The fourth-order valence-electron chi connectivity index (χ4n) is 3.44. The average Bonchev–Trinajstić information content (AvgIpc) is 2.86. The van der Waals surface area contributed by atoms with Crippen molar-refractivity contribution in [3.05, 3.63) is 40.6 Å². The zero-order chi connectivity index (χ0) is 14.3. The molecule has 0 heterocycles. The van der Waals surface area contributed by atoms with E-state index in [0.717, 1.165) is 36.0 Å². The predicted octanol–water partition coefficient (Wildman–Crippen LogP) is 3.63. The molecule has 0 spiro atoms. The summed E-state index contributed by atoms with van der Waals surface area (Å²) in [6, 6.07) is 5.82. The van der Waals surface area contributed by atoms with E-state index in [1.54, 1.807) is 6.92 Å². The maximum atomic E-state index is 12.5. The number of fused-ring (bicyclic) bond motifs is 2. The van der Waals surface area contributed by atoms with Gasteiger partial charge in [0.2, 0.25) is 0 Å². The standard InChI is InChI=1S/C18H18O2/c1-3-4-12-5-8-15(11(2)9-12)16-17(19)13-6-7-14(10-13)18(16)20/h5,8-9,13-14,19H,6-7,10H2,1-2H3/t13-,14?/m0/s1. The van der Waals surface area contributed by atoms with Crippen LogP contribution in [0.2, 0.25) is 0 Å². The van der Waals surface area contributed by atoms with E-state index in [-0.39, 0.29) is 17.6 Å². The van der Waals surface area contributed by atoms with Gasteiger partial charge in [-0.2, -0.15) is 0 Å². The minimum absolute atomic E-state index is 0.111. The van der Waals surface area contributed by atoms with E-state index < -0.39 is 0 Å². The summed E-state index contributed by atoms with van der Waals surface area (Å²) in [5, 5.41) is 10.4. The summed E-state index contributed by atoms with van der Waals surface area (Å²) in [6.07, 6.45) is 2.67. The van der Waals surface area contributed by atoms with E-state index in [1.165, 1.54) is 0 Å². The Bertz CT molecular complexity index is 670. The van der Waals surface area contributed by atoms with Gasteiger partial charge >= 0.3 is 0 Å². The van der Waals surface area contributed by atoms with Crippen LogP contribution in [-0.2, 0) is 4.79 Å². The molecule has 0 amide bonds. The molecule has 1 saturated carbocycles. The molecule has 2 atom stereocenters. The molecule has 0 aliphatic heterocycles. The second kappa shape index (κ2) is 4.83. The predicted molar refractivity (Wildman–Crippen MR) is 79.1 cm³/mol. The molecule has 102 valence electrons. The Morgan fingerprint density at radius 2 is 2.00 bits per heavy atom. The van der Waals surface area contributed by atoms with Crippen molar-refractivity contribution in [2.45, 2.75) is 33.1 Å². The second-order valence-electron chi connectivity index (χ2n) is 5.74. The van der Waals surface area contributed by atoms with Gasteiger partial charge in [-0.1, -0.05) is 12.0 Å². The zero-order valence-electron chi connectivity index (χ0n) is 11.9. The van der Waals surface area contributed by atoms with Crippen LogP contribution in [0.5, 0.6) is 0 Å². The van der Waals surface area contributed by atoms with Crippen LogP contribution >= 0.6 is 0 Å². The van der Waals surface area contributed by atoms with Gasteiger partial charge in [0.25, 0.3) is 0 Å². The second-order valence-corrected chi connectivity index (χ2v) is 5.74. The third-order valence-corrected chi connectivity index (χ3v) is 4.46. The molecule has 2 heteroatoms. The van der Waals surface area contributed by atoms with Gasteiger partial charge < -0.3 is 5.11 Å². The molecular weight excluding hydrogens is 248 g/mol. The van der Waals surface area contributed by atoms with E-state index in [2.05, 4.69) is 11.8 Å². The highest BCUT2D eigenvalue weighted by atomic mass is 16.3. The Labute approximate surface area is 119 Å². The van der Waals surface area contributed by atoms with Gasteiger partial charge in [0.15, 0.2) is 5.78 Å². The Morgan fingerprint density at radius 1 is 1.25 bits per heavy atom. The highest BCUT2D eigenvalue weighted by Gasteiger charge is 2.41. The van der Waals surface area contributed by atoms with Crippen molar-refractivity contribution in [1.29, 1.82) is 0 Å². The molecule has 0 aromatic heterocycles. The SMILES string of the molecule is CC#Cc1ccc(C2=C(O)[C@H]3CCC(C3)C2=O)c(C)c1. The van der Waals surface area contributed by atoms with Crippen LogP contribution in [-0.4, -0.2) is 10.9 Å². The van der Waals surface area contributed by atoms with Gasteiger partial charge in [-0.25, -0.2) is 0 Å². The van der Waals surface area contributed by atoms with Crippen LogP contribution in [0.3, 0.4) is 0 Å². The summed E-state index contributed by atoms with van der Waals surface area (Å²) in [7, 11) is 0. The Hall–Kier alpha value is -2.01. The maximum absolute atomic E-state index is 12.5. The molecule has 1 N–H and O–H groups in total. The fourth-order valence-corrected chi connectivity index (χ4v) is 3.44. The molecule has 1 aromatic rings. The molecule has 1 unspecified atom stereocenters. The Morgan fingerprint density at radius 3 is 2.70 bits per heavy atom. The quantitative estimate of drug-likeness (QED) is 0.788. The number of hydrogen-bond acceptors (Lipinski definition) is 2. The lowest BCUT2D eigenvalue weighted by Crippen LogP contribution is -2.21. The molecule has 0 saturated heterocycles. The molecule has 1 fully saturated rings. The first-order chi connectivity index (χ1) is 9.61. The van der Waals surface area contributed by atoms with Crippen molar-refractivity contribution in [3.63, 3.8) is 0 Å². The van der Waals surface area contributed by atoms with Gasteiger partial charge in [-0.15, -0.1) is 5.92 Å². The number of aryl methyl sites for hydroxylation is 1. The highest BCUT2D eigenvalue weighted by molar-refractivity contribution is 6.23. The van der Waals surface area contributed by atoms with Gasteiger partial charge in [-0.3, -0.25) is 4.79 Å². The van der Waals surface area contributed by atoms with Crippen LogP contribution in [0.25, 0.3) is 5.57 Å². The number of aliphatic hydroxyl groups excluding tert-OH is 1. The van der Waals surface area contributed by atoms with Crippen molar-refractivity contribution >= 4 is 11.4 Å². The lowest BCUT2D eigenvalue weighted by atomic mass is 9.82. The first-order valence-electron chi connectivity index (χ1n) is 7.13. The maximum Gasteiger partial charge on any atom is 0.169 e. The number of ketones is 1. The van der Waals surface area contributed by atoms with Gasteiger partial charge in [-0.05, 0) is 56.4 Å². The Kier molecular flexibility index (Phi) is 3.14. The molecule has 2 aliphatic rings. The van der Waals surface area contributed by atoms with Crippen molar-refractivity contribution in [2.24, 2.45) is 11.8 Å². The van der Waals surface area contributed by atoms with E-state index in [1.807, 2.05) is 25.1 Å². The molecule has 2 aliphatic carbocycles. The summed E-state index contributed by atoms with van der Waals surface area (Å²) < 4.78 is 0. The molecular formula is C18H18O2. The molecule has 2 nitrogen and oxygen atoms in total. The number of hydrogen-bond donors (Lipinski definition) is 1. The van der Waals surface area contributed by atoms with Crippen molar-refractivity contribution in [1.82, 2.24) is 0 Å². The summed E-state index contributed by atoms with van der Waals surface area (Å²) in [4.78, 5) is 12.5. The summed E-state index contributed by atoms with van der Waals surface area (Å²) in [5.74, 6) is 6.61.